The topological polar surface area (TPSA) is 45.6 Å². The number of nitrogens with one attached hydrogen (secondary N) is 2. The van der Waals surface area contributed by atoms with Crippen LogP contribution in [0.5, 0.6) is 5.75 Å². The van der Waals surface area contributed by atoms with E-state index in [0.29, 0.717) is 16.7 Å². The van der Waals surface area contributed by atoms with Gasteiger partial charge in [0, 0.05) is 16.3 Å². The average molecular weight is 362 g/mol. The van der Waals surface area contributed by atoms with Gasteiger partial charge in [-0.1, -0.05) is 36.7 Å². The molecule has 0 aliphatic rings. The van der Waals surface area contributed by atoms with Gasteiger partial charge in [0.15, 0.2) is 5.11 Å². The first-order valence-electron chi connectivity index (χ1n) is 7.68. The molecule has 2 N–H and O–H groups in total. The van der Waals surface area contributed by atoms with Crippen molar-refractivity contribution in [3.63, 3.8) is 0 Å². The molecule has 0 aliphatic heterocycles. The maximum absolute atomic E-state index is 6.09. The molecule has 0 heterocycles. The number of ether oxygens (including phenoxy) is 1. The summed E-state index contributed by atoms with van der Waals surface area (Å²) in [5.41, 5.74) is 5.47. The number of hydrogen-bond acceptors (Lipinski definition) is 3. The summed E-state index contributed by atoms with van der Waals surface area (Å²) in [5.74, 6) is 0.800. The zero-order valence-corrected chi connectivity index (χ0v) is 15.2. The molecule has 4 nitrogen and oxygen atoms in total. The van der Waals surface area contributed by atoms with E-state index in [2.05, 4.69) is 22.8 Å². The summed E-state index contributed by atoms with van der Waals surface area (Å²) in [6.45, 7) is 4.67. The minimum atomic E-state index is 0.392. The molecule has 0 atom stereocenters. The Morgan fingerprint density at radius 2 is 2.04 bits per heavy atom. The molecule has 2 aromatic carbocycles. The van der Waals surface area contributed by atoms with Crippen LogP contribution >= 0.6 is 23.8 Å². The fraction of sp³-hybridized carbons (Fsp3) is 0.222. The molecule has 0 unspecified atom stereocenters. The Kier molecular flexibility index (Phi) is 7.03. The fourth-order valence-electron chi connectivity index (χ4n) is 1.98. The maximum Gasteiger partial charge on any atom is 0.191 e. The van der Waals surface area contributed by atoms with Crippen LogP contribution in [-0.4, -0.2) is 17.9 Å². The third-order valence-corrected chi connectivity index (χ3v) is 3.87. The molecule has 0 fully saturated rings. The highest BCUT2D eigenvalue weighted by molar-refractivity contribution is 7.80. The first-order valence-corrected chi connectivity index (χ1v) is 8.47. The van der Waals surface area contributed by atoms with Crippen LogP contribution in [0.2, 0.25) is 5.02 Å². The molecule has 2 rings (SSSR count). The molecule has 2 aromatic rings. The van der Waals surface area contributed by atoms with Gasteiger partial charge in [0.25, 0.3) is 0 Å². The summed E-state index contributed by atoms with van der Waals surface area (Å²) in [5, 5.41) is 8.32. The number of anilines is 1. The number of thiocarbonyl (C=S) groups is 1. The van der Waals surface area contributed by atoms with Crippen LogP contribution in [0.15, 0.2) is 47.6 Å². The molecule has 0 spiro atoms. The maximum atomic E-state index is 6.09. The van der Waals surface area contributed by atoms with Crippen LogP contribution in [0.4, 0.5) is 5.69 Å². The summed E-state index contributed by atoms with van der Waals surface area (Å²) in [7, 11) is 0. The van der Waals surface area contributed by atoms with Gasteiger partial charge in [-0.05, 0) is 55.4 Å². The Balaban J connectivity index is 1.96. The number of halogens is 1. The minimum Gasteiger partial charge on any atom is -0.493 e. The highest BCUT2D eigenvalue weighted by Crippen LogP contribution is 2.22. The van der Waals surface area contributed by atoms with Gasteiger partial charge < -0.3 is 10.1 Å². The van der Waals surface area contributed by atoms with Gasteiger partial charge in [0.1, 0.15) is 5.75 Å². The minimum absolute atomic E-state index is 0.392. The fourth-order valence-corrected chi connectivity index (χ4v) is 2.32. The summed E-state index contributed by atoms with van der Waals surface area (Å²) in [4.78, 5) is 0. The van der Waals surface area contributed by atoms with Crippen LogP contribution in [0.1, 0.15) is 24.5 Å². The second-order valence-corrected chi connectivity index (χ2v) is 5.94. The number of hydrogen-bond donors (Lipinski definition) is 2. The van der Waals surface area contributed by atoms with Gasteiger partial charge in [0.2, 0.25) is 0 Å². The van der Waals surface area contributed by atoms with Crippen molar-refractivity contribution in [3.8, 4) is 5.75 Å². The molecule has 0 bridgehead atoms. The molecule has 0 saturated heterocycles. The number of hydrazone groups is 1. The number of nitrogens with zero attached hydrogens (tertiary/aromatic N) is 1. The molecule has 0 saturated carbocycles. The monoisotopic (exact) mass is 361 g/mol. The third-order valence-electron chi connectivity index (χ3n) is 3.27. The van der Waals surface area contributed by atoms with Crippen LogP contribution in [-0.2, 0) is 0 Å². The molecule has 0 aliphatic carbocycles. The Morgan fingerprint density at radius 1 is 1.25 bits per heavy atom. The van der Waals surface area contributed by atoms with Gasteiger partial charge in [-0.15, -0.1) is 0 Å². The van der Waals surface area contributed by atoms with E-state index in [4.69, 9.17) is 28.6 Å². The van der Waals surface area contributed by atoms with Crippen molar-refractivity contribution >= 4 is 40.8 Å². The molecule has 0 radical (unpaired) electrons. The van der Waals surface area contributed by atoms with Crippen LogP contribution in [0, 0.1) is 6.92 Å². The summed E-state index contributed by atoms with van der Waals surface area (Å²) >= 11 is 11.3. The molecule has 126 valence electrons. The summed E-state index contributed by atoms with van der Waals surface area (Å²) < 4.78 is 5.69. The zero-order chi connectivity index (χ0) is 17.4. The van der Waals surface area contributed by atoms with Crippen molar-refractivity contribution in [1.29, 1.82) is 0 Å². The Morgan fingerprint density at radius 3 is 2.83 bits per heavy atom. The molecule has 0 aromatic heterocycles. The Labute approximate surface area is 152 Å². The largest absolute Gasteiger partial charge is 0.493 e. The molecular weight excluding hydrogens is 342 g/mol. The van der Waals surface area contributed by atoms with E-state index in [0.717, 1.165) is 29.0 Å². The van der Waals surface area contributed by atoms with E-state index in [9.17, 15) is 0 Å². The molecule has 6 heteroatoms. The predicted molar refractivity (Wildman–Crippen MR) is 105 cm³/mol. The lowest BCUT2D eigenvalue weighted by Gasteiger charge is -2.11. The Hall–Kier alpha value is -2.11. The van der Waals surface area contributed by atoms with Crippen molar-refractivity contribution in [2.75, 3.05) is 11.9 Å². The van der Waals surface area contributed by atoms with Gasteiger partial charge in [-0.25, -0.2) is 0 Å². The van der Waals surface area contributed by atoms with Crippen molar-refractivity contribution in [1.82, 2.24) is 5.43 Å². The number of para-hydroxylation sites is 1. The SMILES string of the molecule is CCCOc1ccccc1/C=N/NC(=S)Nc1cccc(Cl)c1C. The van der Waals surface area contributed by atoms with Crippen molar-refractivity contribution in [3.05, 3.63) is 58.6 Å². The molecule has 24 heavy (non-hydrogen) atoms. The number of rotatable bonds is 6. The lowest BCUT2D eigenvalue weighted by atomic mass is 10.2. The number of benzene rings is 2. The smallest absolute Gasteiger partial charge is 0.191 e. The van der Waals surface area contributed by atoms with E-state index in [1.54, 1.807) is 6.21 Å². The van der Waals surface area contributed by atoms with Gasteiger partial charge in [-0.2, -0.15) is 5.10 Å². The third kappa shape index (κ3) is 5.22. The quantitative estimate of drug-likeness (QED) is 0.442. The zero-order valence-electron chi connectivity index (χ0n) is 13.7. The van der Waals surface area contributed by atoms with Gasteiger partial charge >= 0.3 is 0 Å². The van der Waals surface area contributed by atoms with E-state index in [-0.39, 0.29) is 0 Å². The van der Waals surface area contributed by atoms with Gasteiger partial charge in [-0.3, -0.25) is 5.43 Å². The normalized spacial score (nSPS) is 10.6. The standard InChI is InChI=1S/C18H20ClN3OS/c1-3-11-23-17-10-5-4-7-14(17)12-20-22-18(24)21-16-9-6-8-15(19)13(16)2/h4-10,12H,3,11H2,1-2H3,(H2,21,22,24)/b20-12+. The summed E-state index contributed by atoms with van der Waals surface area (Å²) in [6, 6.07) is 13.3. The Bertz CT molecular complexity index is 734. The lowest BCUT2D eigenvalue weighted by molar-refractivity contribution is 0.317. The van der Waals surface area contributed by atoms with Crippen molar-refractivity contribution in [2.24, 2.45) is 5.10 Å². The first-order chi connectivity index (χ1) is 11.6. The highest BCUT2D eigenvalue weighted by atomic mass is 35.5. The van der Waals surface area contributed by atoms with Crippen LogP contribution in [0.25, 0.3) is 0 Å². The van der Waals surface area contributed by atoms with E-state index < -0.39 is 0 Å². The van der Waals surface area contributed by atoms with Crippen LogP contribution < -0.4 is 15.5 Å². The van der Waals surface area contributed by atoms with Crippen molar-refractivity contribution < 1.29 is 4.74 Å². The van der Waals surface area contributed by atoms with E-state index in [1.165, 1.54) is 0 Å². The van der Waals surface area contributed by atoms with E-state index in [1.807, 2.05) is 49.4 Å². The second kappa shape index (κ2) is 9.25. The molecular formula is C18H20ClN3OS. The van der Waals surface area contributed by atoms with Crippen molar-refractivity contribution in [2.45, 2.75) is 20.3 Å². The first kappa shape index (κ1) is 18.2. The van der Waals surface area contributed by atoms with Crippen LogP contribution in [0.3, 0.4) is 0 Å². The molecule has 0 amide bonds. The summed E-state index contributed by atoms with van der Waals surface area (Å²) in [6.07, 6.45) is 2.64. The average Bonchev–Trinajstić information content (AvgIpc) is 2.58. The predicted octanol–water partition coefficient (Wildman–Crippen LogP) is 4.76. The lowest BCUT2D eigenvalue weighted by Crippen LogP contribution is -2.24. The van der Waals surface area contributed by atoms with E-state index >= 15 is 0 Å². The second-order valence-electron chi connectivity index (χ2n) is 5.12. The highest BCUT2D eigenvalue weighted by Gasteiger charge is 2.03. The van der Waals surface area contributed by atoms with Gasteiger partial charge in [0.05, 0.1) is 12.8 Å².